The largest absolute Gasteiger partial charge is 0.369 e. The standard InChI is InChI=1S/C20H31N3/c1-16-20-15-19(9-8-17(20)5-4-10-21-16)23-13-11-22(12-14-23)18-6-2-3-7-18/h8-9,15-16,18,21H,2-7,10-14H2,1H3/t16-/m0/s1. The van der Waals surface area contributed by atoms with E-state index in [9.17, 15) is 0 Å². The van der Waals surface area contributed by atoms with Crippen molar-refractivity contribution in [1.29, 1.82) is 0 Å². The molecule has 1 aromatic rings. The number of hydrogen-bond donors (Lipinski definition) is 1. The molecule has 4 rings (SSSR count). The van der Waals surface area contributed by atoms with Crippen LogP contribution < -0.4 is 10.2 Å². The van der Waals surface area contributed by atoms with Gasteiger partial charge in [-0.15, -0.1) is 0 Å². The number of piperazine rings is 1. The van der Waals surface area contributed by atoms with Gasteiger partial charge >= 0.3 is 0 Å². The molecule has 2 aliphatic heterocycles. The number of fused-ring (bicyclic) bond motifs is 1. The number of aryl methyl sites for hydroxylation is 1. The van der Waals surface area contributed by atoms with E-state index >= 15 is 0 Å². The van der Waals surface area contributed by atoms with Crippen LogP contribution in [0.2, 0.25) is 0 Å². The summed E-state index contributed by atoms with van der Waals surface area (Å²) in [6, 6.07) is 8.59. The molecular weight excluding hydrogens is 282 g/mol. The van der Waals surface area contributed by atoms with Crippen LogP contribution in [0.1, 0.15) is 56.2 Å². The van der Waals surface area contributed by atoms with Crippen LogP contribution in [0.3, 0.4) is 0 Å². The van der Waals surface area contributed by atoms with Gasteiger partial charge < -0.3 is 10.2 Å². The van der Waals surface area contributed by atoms with Gasteiger partial charge in [0.2, 0.25) is 0 Å². The van der Waals surface area contributed by atoms with E-state index in [1.165, 1.54) is 76.0 Å². The molecule has 1 aliphatic carbocycles. The lowest BCUT2D eigenvalue weighted by Crippen LogP contribution is -2.49. The van der Waals surface area contributed by atoms with Crippen LogP contribution in [0.5, 0.6) is 0 Å². The summed E-state index contributed by atoms with van der Waals surface area (Å²) in [6.45, 7) is 8.33. The van der Waals surface area contributed by atoms with Crippen molar-refractivity contribution in [3.8, 4) is 0 Å². The number of benzene rings is 1. The van der Waals surface area contributed by atoms with Crippen LogP contribution in [0, 0.1) is 0 Å². The highest BCUT2D eigenvalue weighted by molar-refractivity contribution is 5.52. The lowest BCUT2D eigenvalue weighted by molar-refractivity contribution is 0.187. The van der Waals surface area contributed by atoms with Gasteiger partial charge in [0, 0.05) is 44.0 Å². The Kier molecular flexibility index (Phi) is 4.59. The quantitative estimate of drug-likeness (QED) is 0.903. The van der Waals surface area contributed by atoms with E-state index in [0.29, 0.717) is 6.04 Å². The van der Waals surface area contributed by atoms with Gasteiger partial charge in [-0.2, -0.15) is 0 Å². The molecule has 0 aromatic heterocycles. The van der Waals surface area contributed by atoms with Crippen LogP contribution in [0.4, 0.5) is 5.69 Å². The third-order valence-electron chi connectivity index (χ3n) is 6.19. The molecule has 1 atom stereocenters. The van der Waals surface area contributed by atoms with Gasteiger partial charge in [0.15, 0.2) is 0 Å². The van der Waals surface area contributed by atoms with Crippen LogP contribution >= 0.6 is 0 Å². The highest BCUT2D eigenvalue weighted by atomic mass is 15.3. The van der Waals surface area contributed by atoms with Gasteiger partial charge in [-0.1, -0.05) is 18.9 Å². The van der Waals surface area contributed by atoms with Crippen LogP contribution in [-0.4, -0.2) is 43.7 Å². The van der Waals surface area contributed by atoms with Crippen molar-refractivity contribution in [2.24, 2.45) is 0 Å². The average molecular weight is 313 g/mol. The van der Waals surface area contributed by atoms with Crippen LogP contribution in [-0.2, 0) is 6.42 Å². The van der Waals surface area contributed by atoms with Crippen molar-refractivity contribution in [2.75, 3.05) is 37.6 Å². The molecule has 0 amide bonds. The Morgan fingerprint density at radius 3 is 2.57 bits per heavy atom. The molecule has 0 spiro atoms. The van der Waals surface area contributed by atoms with Crippen molar-refractivity contribution >= 4 is 5.69 Å². The molecule has 0 bridgehead atoms. The van der Waals surface area contributed by atoms with E-state index in [4.69, 9.17) is 0 Å². The minimum Gasteiger partial charge on any atom is -0.369 e. The zero-order valence-electron chi connectivity index (χ0n) is 14.6. The highest BCUT2D eigenvalue weighted by Crippen LogP contribution is 2.29. The Hall–Kier alpha value is -1.06. The summed E-state index contributed by atoms with van der Waals surface area (Å²) in [4.78, 5) is 5.35. The Morgan fingerprint density at radius 1 is 1.00 bits per heavy atom. The normalized spacial score (nSPS) is 27.0. The van der Waals surface area contributed by atoms with Crippen molar-refractivity contribution in [1.82, 2.24) is 10.2 Å². The molecule has 1 aromatic carbocycles. The van der Waals surface area contributed by atoms with Gasteiger partial charge in [0.25, 0.3) is 0 Å². The molecule has 0 unspecified atom stereocenters. The Balaban J connectivity index is 1.44. The first-order valence-corrected chi connectivity index (χ1v) is 9.66. The summed E-state index contributed by atoms with van der Waals surface area (Å²) in [7, 11) is 0. The van der Waals surface area contributed by atoms with E-state index in [1.807, 2.05) is 0 Å². The van der Waals surface area contributed by atoms with E-state index < -0.39 is 0 Å². The maximum Gasteiger partial charge on any atom is 0.0370 e. The molecule has 2 fully saturated rings. The smallest absolute Gasteiger partial charge is 0.0370 e. The zero-order valence-corrected chi connectivity index (χ0v) is 14.6. The molecular formula is C20H31N3. The zero-order chi connectivity index (χ0) is 15.6. The van der Waals surface area contributed by atoms with Gasteiger partial charge in [-0.3, -0.25) is 4.90 Å². The van der Waals surface area contributed by atoms with E-state index in [0.717, 1.165) is 12.6 Å². The van der Waals surface area contributed by atoms with Crippen LogP contribution in [0.25, 0.3) is 0 Å². The highest BCUT2D eigenvalue weighted by Gasteiger charge is 2.26. The molecule has 1 saturated carbocycles. The first kappa shape index (κ1) is 15.5. The molecule has 3 heteroatoms. The summed E-state index contributed by atoms with van der Waals surface area (Å²) in [5.74, 6) is 0. The third-order valence-corrected chi connectivity index (χ3v) is 6.19. The maximum absolute atomic E-state index is 3.65. The number of anilines is 1. The van der Waals surface area contributed by atoms with Crippen molar-refractivity contribution in [2.45, 2.75) is 57.5 Å². The average Bonchev–Trinajstić information content (AvgIpc) is 3.07. The second kappa shape index (κ2) is 6.82. The Bertz CT molecular complexity index is 528. The topological polar surface area (TPSA) is 18.5 Å². The van der Waals surface area contributed by atoms with E-state index in [2.05, 4.69) is 40.2 Å². The molecule has 23 heavy (non-hydrogen) atoms. The fourth-order valence-electron chi connectivity index (χ4n) is 4.73. The predicted octanol–water partition coefficient (Wildman–Crippen LogP) is 3.35. The molecule has 0 radical (unpaired) electrons. The monoisotopic (exact) mass is 313 g/mol. The molecule has 2 heterocycles. The second-order valence-corrected chi connectivity index (χ2v) is 7.62. The SMILES string of the molecule is C[C@@H]1NCCCc2ccc(N3CCN(C4CCCC4)CC3)cc21. The van der Waals surface area contributed by atoms with E-state index in [1.54, 1.807) is 5.56 Å². The summed E-state index contributed by atoms with van der Waals surface area (Å²) in [5, 5.41) is 3.65. The Morgan fingerprint density at radius 2 is 1.78 bits per heavy atom. The second-order valence-electron chi connectivity index (χ2n) is 7.62. The molecule has 126 valence electrons. The molecule has 3 aliphatic rings. The van der Waals surface area contributed by atoms with Gasteiger partial charge in [-0.25, -0.2) is 0 Å². The third kappa shape index (κ3) is 3.27. The molecule has 1 saturated heterocycles. The fraction of sp³-hybridized carbons (Fsp3) is 0.700. The lowest BCUT2D eigenvalue weighted by Gasteiger charge is -2.39. The van der Waals surface area contributed by atoms with Gasteiger partial charge in [-0.05, 0) is 62.4 Å². The summed E-state index contributed by atoms with van der Waals surface area (Å²) in [6.07, 6.45) is 8.24. The van der Waals surface area contributed by atoms with Crippen molar-refractivity contribution < 1.29 is 0 Å². The fourth-order valence-corrected chi connectivity index (χ4v) is 4.73. The number of rotatable bonds is 2. The first-order chi connectivity index (χ1) is 11.3. The summed E-state index contributed by atoms with van der Waals surface area (Å²) < 4.78 is 0. The number of nitrogens with zero attached hydrogens (tertiary/aromatic N) is 2. The summed E-state index contributed by atoms with van der Waals surface area (Å²) in [5.41, 5.74) is 4.51. The minimum absolute atomic E-state index is 0.493. The Labute approximate surface area is 141 Å². The predicted molar refractivity (Wildman–Crippen MR) is 97.2 cm³/mol. The number of nitrogens with one attached hydrogen (secondary N) is 1. The summed E-state index contributed by atoms with van der Waals surface area (Å²) >= 11 is 0. The number of hydrogen-bond acceptors (Lipinski definition) is 3. The van der Waals surface area contributed by atoms with Crippen LogP contribution in [0.15, 0.2) is 18.2 Å². The van der Waals surface area contributed by atoms with Gasteiger partial charge in [0.1, 0.15) is 0 Å². The van der Waals surface area contributed by atoms with Crippen molar-refractivity contribution in [3.63, 3.8) is 0 Å². The van der Waals surface area contributed by atoms with Crippen molar-refractivity contribution in [3.05, 3.63) is 29.3 Å². The molecule has 3 nitrogen and oxygen atoms in total. The maximum atomic E-state index is 3.65. The minimum atomic E-state index is 0.493. The van der Waals surface area contributed by atoms with E-state index in [-0.39, 0.29) is 0 Å². The van der Waals surface area contributed by atoms with Gasteiger partial charge in [0.05, 0.1) is 0 Å². The lowest BCUT2D eigenvalue weighted by atomic mass is 9.98. The first-order valence-electron chi connectivity index (χ1n) is 9.66. The molecule has 1 N–H and O–H groups in total.